The number of hydrogen-bond donors (Lipinski definition) is 3. The van der Waals surface area contributed by atoms with Crippen LogP contribution in [0.25, 0.3) is 55.8 Å². The van der Waals surface area contributed by atoms with Gasteiger partial charge in [0.1, 0.15) is 17.0 Å². The molecule has 12 heteroatoms. The van der Waals surface area contributed by atoms with Crippen LogP contribution in [0.1, 0.15) is 5.56 Å². The van der Waals surface area contributed by atoms with Crippen LogP contribution in [-0.2, 0) is 16.6 Å². The summed E-state index contributed by atoms with van der Waals surface area (Å²) >= 11 is 0. The zero-order valence-electron chi connectivity index (χ0n) is 21.9. The molecule has 0 saturated heterocycles. The number of fused-ring (bicyclic) bond motifs is 2. The number of halogens is 1. The van der Waals surface area contributed by atoms with E-state index in [0.29, 0.717) is 28.0 Å². The maximum atomic E-state index is 14.5. The summed E-state index contributed by atoms with van der Waals surface area (Å²) in [6, 6.07) is 14.0. The number of hydrogen-bond acceptors (Lipinski definition) is 7. The first-order chi connectivity index (χ1) is 19.1. The van der Waals surface area contributed by atoms with Crippen LogP contribution >= 0.6 is 0 Å². The predicted octanol–water partition coefficient (Wildman–Crippen LogP) is 4.48. The number of sulfonamides is 1. The van der Waals surface area contributed by atoms with Gasteiger partial charge in [-0.05, 0) is 54.1 Å². The Morgan fingerprint density at radius 3 is 2.62 bits per heavy atom. The number of aromatic amines is 2. The number of aromatic nitrogens is 6. The molecule has 0 spiro atoms. The molecule has 10 nitrogen and oxygen atoms in total. The van der Waals surface area contributed by atoms with Crippen molar-refractivity contribution in [1.82, 2.24) is 34.9 Å². The molecule has 0 aliphatic rings. The van der Waals surface area contributed by atoms with Crippen molar-refractivity contribution in [3.8, 4) is 33.9 Å². The molecule has 40 heavy (non-hydrogen) atoms. The lowest BCUT2D eigenvalue weighted by Gasteiger charge is -2.12. The molecule has 0 aliphatic heterocycles. The van der Waals surface area contributed by atoms with Crippen LogP contribution in [0, 0.1) is 5.82 Å². The quantitative estimate of drug-likeness (QED) is 0.264. The van der Waals surface area contributed by atoms with Crippen molar-refractivity contribution < 1.29 is 12.8 Å². The van der Waals surface area contributed by atoms with Crippen molar-refractivity contribution in [2.75, 3.05) is 25.3 Å². The van der Waals surface area contributed by atoms with Gasteiger partial charge in [0.2, 0.25) is 10.0 Å². The van der Waals surface area contributed by atoms with Crippen molar-refractivity contribution in [3.05, 3.63) is 78.5 Å². The number of rotatable bonds is 7. The van der Waals surface area contributed by atoms with Crippen molar-refractivity contribution in [2.45, 2.75) is 6.54 Å². The summed E-state index contributed by atoms with van der Waals surface area (Å²) in [5.41, 5.74) is 7.79. The normalized spacial score (nSPS) is 11.9. The molecule has 0 aliphatic carbocycles. The monoisotopic (exact) mass is 556 g/mol. The Bertz CT molecular complexity index is 2000. The molecule has 0 bridgehead atoms. The first-order valence-corrected chi connectivity index (χ1v) is 14.2. The second-order valence-electron chi connectivity index (χ2n) is 9.74. The Balaban J connectivity index is 1.42. The molecule has 5 heterocycles. The highest BCUT2D eigenvalue weighted by molar-refractivity contribution is 7.88. The molecule has 0 radical (unpaired) electrons. The van der Waals surface area contributed by atoms with Crippen molar-refractivity contribution >= 4 is 37.6 Å². The van der Waals surface area contributed by atoms with Gasteiger partial charge in [0.05, 0.1) is 40.7 Å². The molecule has 0 fully saturated rings. The maximum absolute atomic E-state index is 14.5. The number of H-pyrrole nitrogens is 2. The minimum absolute atomic E-state index is 0.0296. The zero-order valence-corrected chi connectivity index (χ0v) is 22.7. The summed E-state index contributed by atoms with van der Waals surface area (Å²) in [7, 11) is 0.492. The van der Waals surface area contributed by atoms with E-state index in [-0.39, 0.29) is 6.54 Å². The summed E-state index contributed by atoms with van der Waals surface area (Å²) < 4.78 is 40.0. The molecule has 6 rings (SSSR count). The summed E-state index contributed by atoms with van der Waals surface area (Å²) in [5, 5.41) is 8.34. The number of pyridine rings is 3. The Hall–Kier alpha value is -4.68. The molecule has 3 N–H and O–H groups in total. The molecule has 0 saturated carbocycles. The van der Waals surface area contributed by atoms with Crippen LogP contribution in [-0.4, -0.2) is 58.9 Å². The van der Waals surface area contributed by atoms with Crippen LogP contribution in [0.2, 0.25) is 0 Å². The van der Waals surface area contributed by atoms with E-state index in [0.717, 1.165) is 45.3 Å². The van der Waals surface area contributed by atoms with Gasteiger partial charge < -0.3 is 9.88 Å². The maximum Gasteiger partial charge on any atom is 0.209 e. The molecular formula is C28H25FN8O2S. The van der Waals surface area contributed by atoms with Gasteiger partial charge >= 0.3 is 0 Å². The third-order valence-corrected chi connectivity index (χ3v) is 7.19. The highest BCUT2D eigenvalue weighted by atomic mass is 32.2. The first-order valence-electron chi connectivity index (χ1n) is 12.3. The lowest BCUT2D eigenvalue weighted by atomic mass is 10.0. The van der Waals surface area contributed by atoms with E-state index in [1.165, 1.54) is 12.1 Å². The second kappa shape index (κ2) is 9.81. The summed E-state index contributed by atoms with van der Waals surface area (Å²) in [6.45, 7) is -0.0296. The molecule has 6 aromatic rings. The standard InChI is InChI=1S/C28H25FN8O2S/c1-37(2)20-11-18(14-30-15-20)22-4-5-24-27(34-22)28(36-35-24)25-12-21-23(33-25)6-7-31-26(21)17-8-16(9-19(29)10-17)13-32-40(3,38)39/h4-12,14-15,32-33H,13H2,1-3H3,(H,35,36). The van der Waals surface area contributed by atoms with E-state index in [4.69, 9.17) is 4.98 Å². The molecular weight excluding hydrogens is 531 g/mol. The van der Waals surface area contributed by atoms with E-state index < -0.39 is 15.8 Å². The lowest BCUT2D eigenvalue weighted by Crippen LogP contribution is -2.21. The number of anilines is 1. The Morgan fingerprint density at radius 2 is 1.82 bits per heavy atom. The average Bonchev–Trinajstić information content (AvgIpc) is 3.55. The molecule has 202 valence electrons. The van der Waals surface area contributed by atoms with Crippen LogP contribution in [0.3, 0.4) is 0 Å². The van der Waals surface area contributed by atoms with Crippen molar-refractivity contribution in [2.24, 2.45) is 0 Å². The van der Waals surface area contributed by atoms with Gasteiger partial charge in [0, 0.05) is 55.1 Å². The highest BCUT2D eigenvalue weighted by Crippen LogP contribution is 2.34. The third kappa shape index (κ3) is 5.01. The second-order valence-corrected chi connectivity index (χ2v) is 11.6. The zero-order chi connectivity index (χ0) is 28.0. The molecule has 0 amide bonds. The minimum atomic E-state index is -3.43. The SMILES string of the molecule is CN(C)c1cncc(-c2ccc3[nH]nc(-c4cc5c(-c6cc(F)cc(CNS(C)(=O)=O)c6)nccc5[nH]4)c3n2)c1. The molecule has 0 atom stereocenters. The van der Waals surface area contributed by atoms with E-state index in [1.54, 1.807) is 24.7 Å². The van der Waals surface area contributed by atoms with Crippen molar-refractivity contribution in [1.29, 1.82) is 0 Å². The Kier molecular flexibility index (Phi) is 6.28. The van der Waals surface area contributed by atoms with Crippen molar-refractivity contribution in [3.63, 3.8) is 0 Å². The van der Waals surface area contributed by atoms with E-state index in [1.807, 2.05) is 49.3 Å². The smallest absolute Gasteiger partial charge is 0.209 e. The number of nitrogens with zero attached hydrogens (tertiary/aromatic N) is 5. The Morgan fingerprint density at radius 1 is 0.975 bits per heavy atom. The van der Waals surface area contributed by atoms with E-state index in [9.17, 15) is 12.8 Å². The fraction of sp³-hybridized carbons (Fsp3) is 0.143. The molecule has 1 aromatic carbocycles. The molecule has 0 unspecified atom stereocenters. The first kappa shape index (κ1) is 25.6. The van der Waals surface area contributed by atoms with Crippen LogP contribution in [0.4, 0.5) is 10.1 Å². The number of benzene rings is 1. The highest BCUT2D eigenvalue weighted by Gasteiger charge is 2.17. The summed E-state index contributed by atoms with van der Waals surface area (Å²) in [5.74, 6) is -0.486. The van der Waals surface area contributed by atoms with Gasteiger partial charge in [-0.1, -0.05) is 0 Å². The van der Waals surface area contributed by atoms with Gasteiger partial charge in [0.15, 0.2) is 0 Å². The van der Waals surface area contributed by atoms with Gasteiger partial charge in [-0.2, -0.15) is 5.10 Å². The van der Waals surface area contributed by atoms with Crippen LogP contribution in [0.15, 0.2) is 67.1 Å². The van der Waals surface area contributed by atoms with Gasteiger partial charge in [-0.25, -0.2) is 22.5 Å². The van der Waals surface area contributed by atoms with Crippen LogP contribution in [0.5, 0.6) is 0 Å². The summed E-state index contributed by atoms with van der Waals surface area (Å²) in [4.78, 5) is 19.2. The lowest BCUT2D eigenvalue weighted by molar-refractivity contribution is 0.586. The predicted molar refractivity (Wildman–Crippen MR) is 154 cm³/mol. The topological polar surface area (TPSA) is 133 Å². The fourth-order valence-corrected chi connectivity index (χ4v) is 5.00. The minimum Gasteiger partial charge on any atom is -0.376 e. The van der Waals surface area contributed by atoms with Gasteiger partial charge in [-0.3, -0.25) is 15.1 Å². The third-order valence-electron chi connectivity index (χ3n) is 6.52. The Labute approximate surface area is 229 Å². The summed E-state index contributed by atoms with van der Waals surface area (Å²) in [6.07, 6.45) is 6.28. The van der Waals surface area contributed by atoms with Gasteiger partial charge in [-0.15, -0.1) is 0 Å². The number of nitrogens with one attached hydrogen (secondary N) is 3. The fourth-order valence-electron chi connectivity index (χ4n) is 4.58. The average molecular weight is 557 g/mol. The van der Waals surface area contributed by atoms with E-state index in [2.05, 4.69) is 29.9 Å². The molecule has 5 aromatic heterocycles. The largest absolute Gasteiger partial charge is 0.376 e. The van der Waals surface area contributed by atoms with Gasteiger partial charge in [0.25, 0.3) is 0 Å². The van der Waals surface area contributed by atoms with E-state index >= 15 is 0 Å². The van der Waals surface area contributed by atoms with Crippen LogP contribution < -0.4 is 9.62 Å².